The molecule has 0 fully saturated rings. The van der Waals surface area contributed by atoms with Gasteiger partial charge in [-0.1, -0.05) is 11.6 Å². The fourth-order valence-corrected chi connectivity index (χ4v) is 2.97. The summed E-state index contributed by atoms with van der Waals surface area (Å²) in [6.45, 7) is 0. The molecule has 0 heterocycles. The van der Waals surface area contributed by atoms with Crippen LogP contribution in [-0.2, 0) is 0 Å². The van der Waals surface area contributed by atoms with Gasteiger partial charge >= 0.3 is 5.69 Å². The van der Waals surface area contributed by atoms with Crippen LogP contribution in [0.15, 0.2) is 60.7 Å². The summed E-state index contributed by atoms with van der Waals surface area (Å²) >= 11 is 6.06. The maximum atomic E-state index is 11.4. The zero-order valence-electron chi connectivity index (χ0n) is 16.4. The Morgan fingerprint density at radius 1 is 0.848 bits per heavy atom. The van der Waals surface area contributed by atoms with Gasteiger partial charge in [-0.2, -0.15) is 5.26 Å². The Morgan fingerprint density at radius 2 is 1.45 bits per heavy atom. The summed E-state index contributed by atoms with van der Waals surface area (Å²) in [5.41, 5.74) is -0.455. The van der Waals surface area contributed by atoms with Crippen LogP contribution in [0, 0.1) is 41.7 Å². The molecular formula is C21H11ClN4O7. The van der Waals surface area contributed by atoms with Crippen LogP contribution in [-0.4, -0.2) is 14.8 Å². The number of non-ortho nitro benzene ring substituents is 2. The summed E-state index contributed by atoms with van der Waals surface area (Å²) in [4.78, 5) is 31.0. The molecule has 3 aromatic rings. The van der Waals surface area contributed by atoms with E-state index in [2.05, 4.69) is 0 Å². The Balaban J connectivity index is 2.05. The molecule has 0 saturated carbocycles. The number of hydrogen-bond acceptors (Lipinski definition) is 8. The second-order valence-electron chi connectivity index (χ2n) is 6.42. The average molecular weight is 467 g/mol. The molecule has 0 saturated heterocycles. The van der Waals surface area contributed by atoms with Gasteiger partial charge in [0.05, 0.1) is 32.5 Å². The van der Waals surface area contributed by atoms with Crippen molar-refractivity contribution in [1.29, 1.82) is 5.26 Å². The van der Waals surface area contributed by atoms with Gasteiger partial charge < -0.3 is 4.74 Å². The maximum Gasteiger partial charge on any atom is 0.318 e. The zero-order valence-corrected chi connectivity index (χ0v) is 17.1. The lowest BCUT2D eigenvalue weighted by Crippen LogP contribution is -1.97. The van der Waals surface area contributed by atoms with Gasteiger partial charge in [-0.15, -0.1) is 0 Å². The highest BCUT2D eigenvalue weighted by atomic mass is 35.5. The van der Waals surface area contributed by atoms with Crippen molar-refractivity contribution >= 4 is 40.3 Å². The number of benzene rings is 3. The molecule has 11 nitrogen and oxygen atoms in total. The van der Waals surface area contributed by atoms with E-state index in [1.54, 1.807) is 0 Å². The quantitative estimate of drug-likeness (QED) is 0.179. The highest BCUT2D eigenvalue weighted by Gasteiger charge is 2.22. The van der Waals surface area contributed by atoms with Crippen LogP contribution in [0.1, 0.15) is 11.1 Å². The van der Waals surface area contributed by atoms with E-state index in [9.17, 15) is 35.6 Å². The van der Waals surface area contributed by atoms with Crippen LogP contribution in [0.3, 0.4) is 0 Å². The second kappa shape index (κ2) is 9.54. The number of halogens is 1. The molecule has 0 atom stereocenters. The van der Waals surface area contributed by atoms with Gasteiger partial charge in [0, 0.05) is 28.8 Å². The summed E-state index contributed by atoms with van der Waals surface area (Å²) < 4.78 is 5.66. The molecule has 33 heavy (non-hydrogen) atoms. The molecule has 0 aliphatic carbocycles. The van der Waals surface area contributed by atoms with E-state index in [0.717, 1.165) is 18.2 Å². The Kier molecular flexibility index (Phi) is 6.61. The number of rotatable bonds is 7. The van der Waals surface area contributed by atoms with Gasteiger partial charge in [0.2, 0.25) is 5.75 Å². The number of nitrogens with zero attached hydrogens (tertiary/aromatic N) is 4. The lowest BCUT2D eigenvalue weighted by atomic mass is 10.0. The monoisotopic (exact) mass is 466 g/mol. The topological polar surface area (TPSA) is 162 Å². The normalized spacial score (nSPS) is 10.8. The molecule has 12 heteroatoms. The largest absolute Gasteiger partial charge is 0.449 e. The molecule has 0 radical (unpaired) electrons. The Morgan fingerprint density at radius 3 is 2.03 bits per heavy atom. The van der Waals surface area contributed by atoms with E-state index in [0.29, 0.717) is 5.56 Å². The van der Waals surface area contributed by atoms with E-state index < -0.39 is 26.1 Å². The maximum absolute atomic E-state index is 11.4. The third-order valence-electron chi connectivity index (χ3n) is 4.35. The summed E-state index contributed by atoms with van der Waals surface area (Å²) in [6.07, 6.45) is 1.40. The van der Waals surface area contributed by atoms with Gasteiger partial charge in [0.1, 0.15) is 5.75 Å². The van der Waals surface area contributed by atoms with Crippen molar-refractivity contribution in [1.82, 2.24) is 0 Å². The molecular weight excluding hydrogens is 456 g/mol. The molecule has 0 spiro atoms. The van der Waals surface area contributed by atoms with E-state index in [4.69, 9.17) is 16.3 Å². The number of hydrogen-bond donors (Lipinski definition) is 0. The van der Waals surface area contributed by atoms with Crippen molar-refractivity contribution in [2.45, 2.75) is 0 Å². The first-order valence-electron chi connectivity index (χ1n) is 8.96. The molecule has 3 rings (SSSR count). The van der Waals surface area contributed by atoms with E-state index >= 15 is 0 Å². The lowest BCUT2D eigenvalue weighted by Gasteiger charge is -2.10. The van der Waals surface area contributed by atoms with E-state index in [-0.39, 0.29) is 33.3 Å². The lowest BCUT2D eigenvalue weighted by molar-refractivity contribution is -0.394. The smallest absolute Gasteiger partial charge is 0.318 e. The van der Waals surface area contributed by atoms with Crippen LogP contribution in [0.2, 0.25) is 5.02 Å². The van der Waals surface area contributed by atoms with Crippen LogP contribution in [0.25, 0.3) is 11.6 Å². The first-order chi connectivity index (χ1) is 15.7. The number of nitro groups is 3. The third kappa shape index (κ3) is 5.27. The average Bonchev–Trinajstić information content (AvgIpc) is 2.79. The van der Waals surface area contributed by atoms with Crippen molar-refractivity contribution in [2.24, 2.45) is 0 Å². The van der Waals surface area contributed by atoms with Crippen LogP contribution < -0.4 is 4.74 Å². The van der Waals surface area contributed by atoms with Crippen LogP contribution >= 0.6 is 11.6 Å². The molecule has 0 bridgehead atoms. The molecule has 0 amide bonds. The molecule has 0 aliphatic heterocycles. The molecule has 0 aromatic heterocycles. The van der Waals surface area contributed by atoms with Crippen LogP contribution in [0.5, 0.6) is 11.5 Å². The third-order valence-corrected chi connectivity index (χ3v) is 4.59. The van der Waals surface area contributed by atoms with Crippen molar-refractivity contribution in [3.8, 4) is 17.6 Å². The predicted molar refractivity (Wildman–Crippen MR) is 118 cm³/mol. The fraction of sp³-hybridized carbons (Fsp3) is 0. The zero-order chi connectivity index (χ0) is 24.1. The standard InChI is InChI=1S/C21H11ClN4O7/c22-16-3-7-20(33-21-8-6-18(25(29)30)11-19(21)26(31)32)14(10-16)9-15(12-23)13-1-4-17(5-2-13)24(27)28/h1-11H/b15-9+. The molecule has 0 N–H and O–H groups in total. The van der Waals surface area contributed by atoms with Gasteiger partial charge in [-0.05, 0) is 48.0 Å². The van der Waals surface area contributed by atoms with Crippen molar-refractivity contribution in [3.63, 3.8) is 0 Å². The van der Waals surface area contributed by atoms with Crippen molar-refractivity contribution in [2.75, 3.05) is 0 Å². The number of nitro benzene ring substituents is 3. The molecule has 0 unspecified atom stereocenters. The first kappa shape index (κ1) is 22.9. The fourth-order valence-electron chi connectivity index (χ4n) is 2.79. The number of nitriles is 1. The summed E-state index contributed by atoms with van der Waals surface area (Å²) in [5.74, 6) is -0.164. The van der Waals surface area contributed by atoms with Gasteiger partial charge in [0.25, 0.3) is 11.4 Å². The summed E-state index contributed by atoms with van der Waals surface area (Å²) in [5, 5.41) is 43.0. The van der Waals surface area contributed by atoms with Crippen molar-refractivity contribution in [3.05, 3.63) is 107 Å². The number of allylic oxidation sites excluding steroid dienone is 1. The van der Waals surface area contributed by atoms with Crippen molar-refractivity contribution < 1.29 is 19.5 Å². The van der Waals surface area contributed by atoms with Crippen LogP contribution in [0.4, 0.5) is 17.1 Å². The minimum Gasteiger partial charge on any atom is -0.449 e. The van der Waals surface area contributed by atoms with Gasteiger partial charge in [0.15, 0.2) is 0 Å². The molecule has 0 aliphatic rings. The minimum atomic E-state index is -0.814. The highest BCUT2D eigenvalue weighted by molar-refractivity contribution is 6.30. The number of ether oxygens (including phenoxy) is 1. The highest BCUT2D eigenvalue weighted by Crippen LogP contribution is 2.37. The SMILES string of the molecule is N#C/C(=C\c1cc(Cl)ccc1Oc1ccc([N+](=O)[O-])cc1[N+](=O)[O-])c1ccc([N+](=O)[O-])cc1. The van der Waals surface area contributed by atoms with E-state index in [1.807, 2.05) is 6.07 Å². The molecule has 164 valence electrons. The van der Waals surface area contributed by atoms with E-state index in [1.165, 1.54) is 48.5 Å². The Bertz CT molecular complexity index is 1350. The summed E-state index contributed by atoms with van der Waals surface area (Å²) in [6, 6.07) is 14.6. The first-order valence-corrected chi connectivity index (χ1v) is 9.34. The Hall–Kier alpha value is -4.82. The predicted octanol–water partition coefficient (Wildman–Crippen LogP) is 5.92. The minimum absolute atomic E-state index is 0.0889. The summed E-state index contributed by atoms with van der Waals surface area (Å²) in [7, 11) is 0. The molecule has 3 aromatic carbocycles. The van der Waals surface area contributed by atoms with Gasteiger partial charge in [-0.25, -0.2) is 0 Å². The second-order valence-corrected chi connectivity index (χ2v) is 6.86. The van der Waals surface area contributed by atoms with Gasteiger partial charge in [-0.3, -0.25) is 30.3 Å². The Labute approximate surface area is 190 Å².